The number of likely N-dealkylation sites (N-methyl/N-ethyl adjacent to an activating group) is 1. The van der Waals surface area contributed by atoms with E-state index in [0.717, 1.165) is 0 Å². The van der Waals surface area contributed by atoms with Gasteiger partial charge in [-0.2, -0.15) is 0 Å². The average Bonchev–Trinajstić information content (AvgIpc) is 2.12. The van der Waals surface area contributed by atoms with E-state index in [1.54, 1.807) is 13.8 Å². The topological polar surface area (TPSA) is 43.8 Å². The second kappa shape index (κ2) is 6.53. The molecular weight excluding hydrogens is 228 g/mol. The van der Waals surface area contributed by atoms with Crippen molar-refractivity contribution in [1.82, 2.24) is 9.80 Å². The standard InChI is InChI=1S/C14H30N2O2/c1-10(2)16(11(3)4)13(17)12(5)15(8)9-14(6,7)18/h10-12,18H,9H2,1-8H3. The zero-order chi connectivity index (χ0) is 14.7. The van der Waals surface area contributed by atoms with Crippen LogP contribution in [0.25, 0.3) is 0 Å². The van der Waals surface area contributed by atoms with E-state index in [2.05, 4.69) is 0 Å². The lowest BCUT2D eigenvalue weighted by atomic mass is 10.1. The largest absolute Gasteiger partial charge is 0.389 e. The van der Waals surface area contributed by atoms with Crippen LogP contribution in [0.15, 0.2) is 0 Å². The van der Waals surface area contributed by atoms with Gasteiger partial charge < -0.3 is 10.0 Å². The fourth-order valence-corrected chi connectivity index (χ4v) is 2.26. The number of hydrogen-bond acceptors (Lipinski definition) is 3. The maximum atomic E-state index is 12.5. The Morgan fingerprint density at radius 3 is 1.78 bits per heavy atom. The monoisotopic (exact) mass is 258 g/mol. The second-order valence-corrected chi connectivity index (χ2v) is 6.34. The Balaban J connectivity index is 4.76. The maximum absolute atomic E-state index is 12.5. The quantitative estimate of drug-likeness (QED) is 0.789. The molecule has 1 atom stereocenters. The van der Waals surface area contributed by atoms with Crippen LogP contribution < -0.4 is 0 Å². The first-order chi connectivity index (χ1) is 7.97. The molecule has 18 heavy (non-hydrogen) atoms. The minimum absolute atomic E-state index is 0.117. The summed E-state index contributed by atoms with van der Waals surface area (Å²) in [4.78, 5) is 16.3. The number of carbonyl (C=O) groups excluding carboxylic acids is 1. The first-order valence-corrected chi connectivity index (χ1v) is 6.72. The molecule has 1 N–H and O–H groups in total. The van der Waals surface area contributed by atoms with Gasteiger partial charge in [0.2, 0.25) is 5.91 Å². The smallest absolute Gasteiger partial charge is 0.240 e. The van der Waals surface area contributed by atoms with E-state index in [9.17, 15) is 9.90 Å². The summed E-state index contributed by atoms with van der Waals surface area (Å²) in [6.45, 7) is 14.0. The van der Waals surface area contributed by atoms with E-state index in [4.69, 9.17) is 0 Å². The highest BCUT2D eigenvalue weighted by Crippen LogP contribution is 2.13. The zero-order valence-electron chi connectivity index (χ0n) is 13.2. The Kier molecular flexibility index (Phi) is 6.30. The van der Waals surface area contributed by atoms with Crippen LogP contribution in [-0.4, -0.2) is 58.1 Å². The molecule has 0 radical (unpaired) electrons. The van der Waals surface area contributed by atoms with Gasteiger partial charge in [-0.15, -0.1) is 0 Å². The molecule has 4 nitrogen and oxygen atoms in total. The minimum Gasteiger partial charge on any atom is -0.389 e. The molecule has 0 aliphatic carbocycles. The van der Waals surface area contributed by atoms with Gasteiger partial charge in [-0.25, -0.2) is 0 Å². The molecular formula is C14H30N2O2. The molecule has 1 amide bonds. The molecule has 0 bridgehead atoms. The zero-order valence-corrected chi connectivity index (χ0v) is 13.2. The van der Waals surface area contributed by atoms with Crippen molar-refractivity contribution in [2.75, 3.05) is 13.6 Å². The lowest BCUT2D eigenvalue weighted by Crippen LogP contribution is -2.53. The number of nitrogens with zero attached hydrogens (tertiary/aromatic N) is 2. The second-order valence-electron chi connectivity index (χ2n) is 6.34. The van der Waals surface area contributed by atoms with Gasteiger partial charge in [-0.05, 0) is 55.5 Å². The maximum Gasteiger partial charge on any atom is 0.240 e. The molecule has 0 aliphatic rings. The van der Waals surface area contributed by atoms with Gasteiger partial charge in [0.25, 0.3) is 0 Å². The van der Waals surface area contributed by atoms with Crippen molar-refractivity contribution in [2.24, 2.45) is 0 Å². The lowest BCUT2D eigenvalue weighted by Gasteiger charge is -2.37. The number of amides is 1. The Bertz CT molecular complexity index is 261. The molecule has 0 aromatic carbocycles. The van der Waals surface area contributed by atoms with Crippen LogP contribution in [0.3, 0.4) is 0 Å². The summed E-state index contributed by atoms with van der Waals surface area (Å²) in [5.41, 5.74) is -0.788. The number of carbonyl (C=O) groups is 1. The van der Waals surface area contributed by atoms with E-state index in [1.807, 2.05) is 51.5 Å². The first-order valence-electron chi connectivity index (χ1n) is 6.72. The van der Waals surface area contributed by atoms with Gasteiger partial charge in [-0.3, -0.25) is 9.69 Å². The van der Waals surface area contributed by atoms with Crippen LogP contribution in [0, 0.1) is 0 Å². The van der Waals surface area contributed by atoms with Gasteiger partial charge >= 0.3 is 0 Å². The van der Waals surface area contributed by atoms with Crippen LogP contribution in [0.5, 0.6) is 0 Å². The highest BCUT2D eigenvalue weighted by atomic mass is 16.3. The molecule has 0 saturated heterocycles. The van der Waals surface area contributed by atoms with Crippen molar-refractivity contribution in [2.45, 2.75) is 72.2 Å². The Labute approximate surface area is 112 Å². The van der Waals surface area contributed by atoms with Crippen LogP contribution in [0.1, 0.15) is 48.5 Å². The van der Waals surface area contributed by atoms with E-state index >= 15 is 0 Å². The highest BCUT2D eigenvalue weighted by molar-refractivity contribution is 5.82. The molecule has 0 aromatic rings. The van der Waals surface area contributed by atoms with E-state index < -0.39 is 5.60 Å². The fraction of sp³-hybridized carbons (Fsp3) is 0.929. The summed E-state index contributed by atoms with van der Waals surface area (Å²) in [5, 5.41) is 9.81. The Morgan fingerprint density at radius 1 is 1.11 bits per heavy atom. The van der Waals surface area contributed by atoms with Crippen molar-refractivity contribution in [3.8, 4) is 0 Å². The third kappa shape index (κ3) is 5.36. The summed E-state index contributed by atoms with van der Waals surface area (Å²) < 4.78 is 0. The molecule has 0 fully saturated rings. The molecule has 0 aliphatic heterocycles. The number of aliphatic hydroxyl groups is 1. The fourth-order valence-electron chi connectivity index (χ4n) is 2.26. The molecule has 0 heterocycles. The van der Waals surface area contributed by atoms with Crippen molar-refractivity contribution < 1.29 is 9.90 Å². The summed E-state index contributed by atoms with van der Waals surface area (Å²) in [7, 11) is 1.87. The first kappa shape index (κ1) is 17.4. The van der Waals surface area contributed by atoms with Crippen LogP contribution in [0.4, 0.5) is 0 Å². The highest BCUT2D eigenvalue weighted by Gasteiger charge is 2.29. The average molecular weight is 258 g/mol. The van der Waals surface area contributed by atoms with Crippen LogP contribution in [-0.2, 0) is 4.79 Å². The normalized spacial score (nSPS) is 14.4. The molecule has 4 heteroatoms. The third-order valence-electron chi connectivity index (χ3n) is 3.02. The molecule has 0 spiro atoms. The molecule has 0 rings (SSSR count). The minimum atomic E-state index is -0.788. The van der Waals surface area contributed by atoms with E-state index in [1.165, 1.54) is 0 Å². The molecule has 108 valence electrons. The van der Waals surface area contributed by atoms with Crippen LogP contribution in [0.2, 0.25) is 0 Å². The van der Waals surface area contributed by atoms with Gasteiger partial charge in [0.15, 0.2) is 0 Å². The summed E-state index contributed by atoms with van der Waals surface area (Å²) in [6, 6.07) is 0.159. The third-order valence-corrected chi connectivity index (χ3v) is 3.02. The van der Waals surface area contributed by atoms with Gasteiger partial charge in [-0.1, -0.05) is 0 Å². The lowest BCUT2D eigenvalue weighted by molar-refractivity contribution is -0.140. The molecule has 1 unspecified atom stereocenters. The van der Waals surface area contributed by atoms with Crippen LogP contribution >= 0.6 is 0 Å². The van der Waals surface area contributed by atoms with Gasteiger partial charge in [0.1, 0.15) is 0 Å². The molecule has 0 saturated carbocycles. The van der Waals surface area contributed by atoms with Crippen molar-refractivity contribution in [1.29, 1.82) is 0 Å². The Morgan fingerprint density at radius 2 is 1.50 bits per heavy atom. The predicted molar refractivity (Wildman–Crippen MR) is 75.5 cm³/mol. The number of rotatable bonds is 6. The molecule has 0 aromatic heterocycles. The number of hydrogen-bond donors (Lipinski definition) is 1. The van der Waals surface area contributed by atoms with Gasteiger partial charge in [0.05, 0.1) is 11.6 Å². The SMILES string of the molecule is CC(C(=O)N(C(C)C)C(C)C)N(C)CC(C)(C)O. The van der Waals surface area contributed by atoms with E-state index in [0.29, 0.717) is 6.54 Å². The van der Waals surface area contributed by atoms with Gasteiger partial charge in [0, 0.05) is 18.6 Å². The summed E-state index contributed by atoms with van der Waals surface area (Å²) >= 11 is 0. The van der Waals surface area contributed by atoms with Crippen molar-refractivity contribution >= 4 is 5.91 Å². The summed E-state index contributed by atoms with van der Waals surface area (Å²) in [6.07, 6.45) is 0. The predicted octanol–water partition coefficient (Wildman–Crippen LogP) is 1.72. The summed E-state index contributed by atoms with van der Waals surface area (Å²) in [5.74, 6) is 0.117. The van der Waals surface area contributed by atoms with E-state index in [-0.39, 0.29) is 24.0 Å². The van der Waals surface area contributed by atoms with Crippen molar-refractivity contribution in [3.05, 3.63) is 0 Å². The van der Waals surface area contributed by atoms with Crippen molar-refractivity contribution in [3.63, 3.8) is 0 Å². The Hall–Kier alpha value is -0.610.